The van der Waals surface area contributed by atoms with Gasteiger partial charge < -0.3 is 19.5 Å². The minimum absolute atomic E-state index is 0.00678. The minimum atomic E-state index is -0.00678. The van der Waals surface area contributed by atoms with E-state index < -0.39 is 0 Å². The molecule has 0 fully saturated rings. The number of fused-ring (bicyclic) bond motifs is 2. The van der Waals surface area contributed by atoms with Crippen molar-refractivity contribution in [2.75, 3.05) is 18.5 Å². The van der Waals surface area contributed by atoms with Gasteiger partial charge in [0, 0.05) is 24.1 Å². The maximum atomic E-state index is 12.2. The van der Waals surface area contributed by atoms with E-state index in [-0.39, 0.29) is 17.9 Å². The van der Waals surface area contributed by atoms with Crippen molar-refractivity contribution in [1.82, 2.24) is 0 Å². The summed E-state index contributed by atoms with van der Waals surface area (Å²) >= 11 is 0. The molecule has 5 heteroatoms. The summed E-state index contributed by atoms with van der Waals surface area (Å²) in [5, 5.41) is 2.95. The molecule has 0 unspecified atom stereocenters. The molecule has 0 aliphatic carbocycles. The lowest BCUT2D eigenvalue weighted by Crippen LogP contribution is -2.24. The maximum Gasteiger partial charge on any atom is 0.225 e. The summed E-state index contributed by atoms with van der Waals surface area (Å²) in [5.74, 6) is 2.27. The molecule has 2 aliphatic heterocycles. The standard InChI is InChI=1S/C20H21NO4/c1-12(2)25-14-5-3-13(4-6-14)15-10-20(22)21-17-11-19-18(9-16(15)17)23-7-8-24-19/h3-6,9,11-12,15H,7-8,10H2,1-2H3,(H,21,22)/t15-/m1/s1. The van der Waals surface area contributed by atoms with E-state index in [1.165, 1.54) is 0 Å². The number of hydrogen-bond acceptors (Lipinski definition) is 4. The van der Waals surface area contributed by atoms with E-state index in [0.29, 0.717) is 25.4 Å². The average molecular weight is 339 g/mol. The van der Waals surface area contributed by atoms with Crippen LogP contribution in [-0.4, -0.2) is 25.2 Å². The lowest BCUT2D eigenvalue weighted by atomic mass is 9.84. The quantitative estimate of drug-likeness (QED) is 0.926. The summed E-state index contributed by atoms with van der Waals surface area (Å²) in [5.41, 5.74) is 2.94. The lowest BCUT2D eigenvalue weighted by molar-refractivity contribution is -0.116. The third kappa shape index (κ3) is 3.14. The second-order valence-electron chi connectivity index (χ2n) is 6.62. The first kappa shape index (κ1) is 15.8. The smallest absolute Gasteiger partial charge is 0.225 e. The number of nitrogens with one attached hydrogen (secondary N) is 1. The Balaban J connectivity index is 1.70. The molecule has 130 valence electrons. The van der Waals surface area contributed by atoms with Crippen molar-refractivity contribution < 1.29 is 19.0 Å². The van der Waals surface area contributed by atoms with E-state index in [9.17, 15) is 4.79 Å². The first-order valence-electron chi connectivity index (χ1n) is 8.60. The van der Waals surface area contributed by atoms with Crippen molar-refractivity contribution in [2.45, 2.75) is 32.3 Å². The van der Waals surface area contributed by atoms with Gasteiger partial charge >= 0.3 is 0 Å². The van der Waals surface area contributed by atoms with Gasteiger partial charge in [0.15, 0.2) is 11.5 Å². The van der Waals surface area contributed by atoms with E-state index in [2.05, 4.69) is 5.32 Å². The molecule has 2 aliphatic rings. The van der Waals surface area contributed by atoms with Gasteiger partial charge in [0.2, 0.25) is 5.91 Å². The topological polar surface area (TPSA) is 56.8 Å². The number of amides is 1. The zero-order valence-corrected chi connectivity index (χ0v) is 14.4. The second-order valence-corrected chi connectivity index (χ2v) is 6.62. The molecule has 1 amide bonds. The molecule has 0 saturated heterocycles. The van der Waals surface area contributed by atoms with Crippen molar-refractivity contribution in [2.24, 2.45) is 0 Å². The van der Waals surface area contributed by atoms with Crippen LogP contribution in [0.25, 0.3) is 0 Å². The summed E-state index contributed by atoms with van der Waals surface area (Å²) in [7, 11) is 0. The molecular weight excluding hydrogens is 318 g/mol. The van der Waals surface area contributed by atoms with Crippen LogP contribution >= 0.6 is 0 Å². The summed E-state index contributed by atoms with van der Waals surface area (Å²) < 4.78 is 17.0. The van der Waals surface area contributed by atoms with Crippen LogP contribution in [0.1, 0.15) is 37.3 Å². The second kappa shape index (κ2) is 6.31. The summed E-state index contributed by atoms with van der Waals surface area (Å²) in [6.07, 6.45) is 0.549. The fraction of sp³-hybridized carbons (Fsp3) is 0.350. The van der Waals surface area contributed by atoms with Gasteiger partial charge in [-0.05, 0) is 43.2 Å². The highest BCUT2D eigenvalue weighted by Gasteiger charge is 2.29. The highest BCUT2D eigenvalue weighted by atomic mass is 16.6. The number of carbonyl (C=O) groups excluding carboxylic acids is 1. The summed E-state index contributed by atoms with van der Waals surface area (Å²) in [4.78, 5) is 12.2. The first-order chi connectivity index (χ1) is 12.1. The van der Waals surface area contributed by atoms with E-state index >= 15 is 0 Å². The fourth-order valence-electron chi connectivity index (χ4n) is 3.35. The van der Waals surface area contributed by atoms with Gasteiger partial charge in [0.1, 0.15) is 19.0 Å². The van der Waals surface area contributed by atoms with Gasteiger partial charge in [-0.25, -0.2) is 0 Å². The molecule has 25 heavy (non-hydrogen) atoms. The number of rotatable bonds is 3. The Labute approximate surface area is 146 Å². The Hall–Kier alpha value is -2.69. The van der Waals surface area contributed by atoms with Gasteiger partial charge in [-0.3, -0.25) is 4.79 Å². The van der Waals surface area contributed by atoms with Crippen LogP contribution in [-0.2, 0) is 4.79 Å². The van der Waals surface area contributed by atoms with E-state index in [1.54, 1.807) is 0 Å². The van der Waals surface area contributed by atoms with Crippen LogP contribution in [0.3, 0.4) is 0 Å². The molecule has 2 aromatic carbocycles. The highest BCUT2D eigenvalue weighted by molar-refractivity contribution is 5.96. The maximum absolute atomic E-state index is 12.2. The summed E-state index contributed by atoms with van der Waals surface area (Å²) in [6.45, 7) is 5.08. The van der Waals surface area contributed by atoms with Gasteiger partial charge in [-0.1, -0.05) is 12.1 Å². The highest BCUT2D eigenvalue weighted by Crippen LogP contribution is 2.44. The van der Waals surface area contributed by atoms with Gasteiger partial charge in [0.05, 0.1) is 6.10 Å². The molecule has 2 heterocycles. The third-order valence-corrected chi connectivity index (χ3v) is 4.41. The zero-order chi connectivity index (χ0) is 17.4. The lowest BCUT2D eigenvalue weighted by Gasteiger charge is -2.29. The molecule has 0 radical (unpaired) electrons. The zero-order valence-electron chi connectivity index (χ0n) is 14.4. The van der Waals surface area contributed by atoms with Crippen LogP contribution in [0.4, 0.5) is 5.69 Å². The predicted octanol–water partition coefficient (Wildman–Crippen LogP) is 3.72. The number of anilines is 1. The van der Waals surface area contributed by atoms with E-state index in [4.69, 9.17) is 14.2 Å². The van der Waals surface area contributed by atoms with Gasteiger partial charge in [-0.2, -0.15) is 0 Å². The van der Waals surface area contributed by atoms with Gasteiger partial charge in [-0.15, -0.1) is 0 Å². The molecule has 0 spiro atoms. The van der Waals surface area contributed by atoms with Crippen molar-refractivity contribution in [3.05, 3.63) is 47.5 Å². The van der Waals surface area contributed by atoms with Crippen LogP contribution in [0.15, 0.2) is 36.4 Å². The largest absolute Gasteiger partial charge is 0.491 e. The number of carbonyl (C=O) groups is 1. The average Bonchev–Trinajstić information content (AvgIpc) is 2.59. The molecule has 1 atom stereocenters. The van der Waals surface area contributed by atoms with Crippen LogP contribution in [0.5, 0.6) is 17.2 Å². The van der Waals surface area contributed by atoms with E-state index in [1.807, 2.05) is 50.2 Å². The van der Waals surface area contributed by atoms with Crippen molar-refractivity contribution >= 4 is 11.6 Å². The Bertz CT molecular complexity index is 798. The number of benzene rings is 2. The number of ether oxygens (including phenoxy) is 3. The molecule has 0 saturated carbocycles. The Morgan fingerprint density at radius 2 is 1.76 bits per heavy atom. The molecule has 1 N–H and O–H groups in total. The van der Waals surface area contributed by atoms with Crippen molar-refractivity contribution in [1.29, 1.82) is 0 Å². The van der Waals surface area contributed by atoms with Crippen LogP contribution < -0.4 is 19.5 Å². The SMILES string of the molecule is CC(C)Oc1ccc([C@H]2CC(=O)Nc3cc4c(cc32)OCCO4)cc1. The Morgan fingerprint density at radius 3 is 2.44 bits per heavy atom. The Morgan fingerprint density at radius 1 is 1.08 bits per heavy atom. The predicted molar refractivity (Wildman–Crippen MR) is 94.7 cm³/mol. The molecule has 0 bridgehead atoms. The van der Waals surface area contributed by atoms with Crippen LogP contribution in [0, 0.1) is 0 Å². The molecule has 4 rings (SSSR count). The Kier molecular flexibility index (Phi) is 3.99. The van der Waals surface area contributed by atoms with Crippen molar-refractivity contribution in [3.63, 3.8) is 0 Å². The molecular formula is C20H21NO4. The van der Waals surface area contributed by atoms with Crippen molar-refractivity contribution in [3.8, 4) is 17.2 Å². The van der Waals surface area contributed by atoms with Gasteiger partial charge in [0.25, 0.3) is 0 Å². The monoisotopic (exact) mass is 339 g/mol. The van der Waals surface area contributed by atoms with E-state index in [0.717, 1.165) is 28.3 Å². The van der Waals surface area contributed by atoms with Crippen LogP contribution in [0.2, 0.25) is 0 Å². The molecule has 2 aromatic rings. The third-order valence-electron chi connectivity index (χ3n) is 4.41. The first-order valence-corrected chi connectivity index (χ1v) is 8.60. The number of hydrogen-bond donors (Lipinski definition) is 1. The molecule has 0 aromatic heterocycles. The summed E-state index contributed by atoms with van der Waals surface area (Å²) in [6, 6.07) is 11.8. The minimum Gasteiger partial charge on any atom is -0.491 e. The normalized spacial score (nSPS) is 18.5. The fourth-order valence-corrected chi connectivity index (χ4v) is 3.35. The molecule has 5 nitrogen and oxygen atoms in total.